The van der Waals surface area contributed by atoms with Crippen LogP contribution in [0.5, 0.6) is 5.75 Å². The molecule has 0 heterocycles. The molecule has 2 fully saturated rings. The van der Waals surface area contributed by atoms with Gasteiger partial charge in [0.1, 0.15) is 5.75 Å². The minimum absolute atomic E-state index is 0.359. The van der Waals surface area contributed by atoms with Crippen molar-refractivity contribution in [2.45, 2.75) is 70.6 Å². The number of nitriles is 1. The van der Waals surface area contributed by atoms with E-state index < -0.39 is 0 Å². The van der Waals surface area contributed by atoms with E-state index in [9.17, 15) is 4.79 Å². The predicted octanol–water partition coefficient (Wildman–Crippen LogP) is 7.27. The molecule has 0 spiro atoms. The summed E-state index contributed by atoms with van der Waals surface area (Å²) in [5.74, 6) is 3.59. The fraction of sp³-hybridized carbons (Fsp3) is 0.500. The van der Waals surface area contributed by atoms with Crippen molar-refractivity contribution in [1.82, 2.24) is 0 Å². The van der Waals surface area contributed by atoms with Gasteiger partial charge in [0.2, 0.25) is 0 Å². The normalized spacial score (nSPS) is 26.1. The molecule has 2 aromatic rings. The Hall–Kier alpha value is -2.60. The summed E-state index contributed by atoms with van der Waals surface area (Å²) < 4.78 is 5.43. The maximum absolute atomic E-state index is 12.4. The molecule has 0 amide bonds. The van der Waals surface area contributed by atoms with Crippen LogP contribution in [0.15, 0.2) is 48.5 Å². The van der Waals surface area contributed by atoms with Gasteiger partial charge in [-0.3, -0.25) is 0 Å². The van der Waals surface area contributed by atoms with Crippen LogP contribution in [0.2, 0.25) is 0 Å². The Labute approximate surface area is 186 Å². The quantitative estimate of drug-likeness (QED) is 0.381. The number of esters is 1. The molecule has 0 aliphatic heterocycles. The van der Waals surface area contributed by atoms with Gasteiger partial charge in [-0.05, 0) is 104 Å². The highest BCUT2D eigenvalue weighted by Gasteiger charge is 2.30. The molecule has 0 saturated heterocycles. The Kier molecular flexibility index (Phi) is 7.07. The lowest BCUT2D eigenvalue weighted by molar-refractivity contribution is 0.0734. The molecule has 0 unspecified atom stereocenters. The fourth-order valence-electron chi connectivity index (χ4n) is 5.65. The van der Waals surface area contributed by atoms with Crippen LogP contribution >= 0.6 is 0 Å². The SMILES string of the molecule is CC[C@H]1CC[C@H](C2CCC(c3ccc(C(=O)Oc4ccc(C#N)cc4)cc3)CC2)CC1. The van der Waals surface area contributed by atoms with Crippen LogP contribution in [0.1, 0.15) is 92.1 Å². The molecule has 0 N–H and O–H groups in total. The Morgan fingerprint density at radius 2 is 1.45 bits per heavy atom. The van der Waals surface area contributed by atoms with Crippen LogP contribution in [0.4, 0.5) is 0 Å². The van der Waals surface area contributed by atoms with Gasteiger partial charge >= 0.3 is 5.97 Å². The molecule has 4 rings (SSSR count). The molecule has 2 aliphatic carbocycles. The van der Waals surface area contributed by atoms with Crippen molar-refractivity contribution < 1.29 is 9.53 Å². The summed E-state index contributed by atoms with van der Waals surface area (Å²) >= 11 is 0. The number of ether oxygens (including phenoxy) is 1. The molecule has 0 atom stereocenters. The Balaban J connectivity index is 1.28. The number of carbonyl (C=O) groups excluding carboxylic acids is 1. The first-order chi connectivity index (χ1) is 15.2. The van der Waals surface area contributed by atoms with Crippen LogP contribution in [0.3, 0.4) is 0 Å². The molecule has 0 bridgehead atoms. The van der Waals surface area contributed by atoms with Crippen molar-refractivity contribution >= 4 is 5.97 Å². The van der Waals surface area contributed by atoms with E-state index in [2.05, 4.69) is 25.1 Å². The molecule has 2 aliphatic rings. The van der Waals surface area contributed by atoms with Gasteiger partial charge in [-0.25, -0.2) is 4.79 Å². The van der Waals surface area contributed by atoms with Gasteiger partial charge in [0, 0.05) is 0 Å². The fourth-order valence-corrected chi connectivity index (χ4v) is 5.65. The first kappa shape index (κ1) is 21.6. The average Bonchev–Trinajstić information content (AvgIpc) is 2.85. The van der Waals surface area contributed by atoms with E-state index in [0.717, 1.165) is 17.8 Å². The molecule has 2 saturated carbocycles. The number of rotatable bonds is 5. The third-order valence-corrected chi connectivity index (χ3v) is 7.72. The molecule has 0 aromatic heterocycles. The van der Waals surface area contributed by atoms with Gasteiger partial charge in [-0.1, -0.05) is 38.3 Å². The number of nitrogens with zero attached hydrogens (tertiary/aromatic N) is 1. The van der Waals surface area contributed by atoms with E-state index in [0.29, 0.717) is 22.8 Å². The zero-order valence-corrected chi connectivity index (χ0v) is 18.6. The Morgan fingerprint density at radius 1 is 0.871 bits per heavy atom. The van der Waals surface area contributed by atoms with Gasteiger partial charge in [0.15, 0.2) is 0 Å². The summed E-state index contributed by atoms with van der Waals surface area (Å²) in [6, 6.07) is 16.6. The van der Waals surface area contributed by atoms with Gasteiger partial charge in [0.05, 0.1) is 17.2 Å². The van der Waals surface area contributed by atoms with E-state index in [4.69, 9.17) is 10.00 Å². The lowest BCUT2D eigenvalue weighted by Gasteiger charge is -2.38. The summed E-state index contributed by atoms with van der Waals surface area (Å²) in [5, 5.41) is 8.86. The molecule has 3 nitrogen and oxygen atoms in total. The Morgan fingerprint density at radius 3 is 2.00 bits per heavy atom. The van der Waals surface area contributed by atoms with Crippen molar-refractivity contribution in [3.63, 3.8) is 0 Å². The number of hydrogen-bond donors (Lipinski definition) is 0. The minimum atomic E-state index is -0.359. The smallest absolute Gasteiger partial charge is 0.343 e. The minimum Gasteiger partial charge on any atom is -0.423 e. The second kappa shape index (κ2) is 10.1. The maximum atomic E-state index is 12.4. The van der Waals surface area contributed by atoms with Crippen LogP contribution in [-0.2, 0) is 0 Å². The largest absolute Gasteiger partial charge is 0.423 e. The molecule has 31 heavy (non-hydrogen) atoms. The van der Waals surface area contributed by atoms with Crippen molar-refractivity contribution in [2.24, 2.45) is 17.8 Å². The average molecular weight is 416 g/mol. The van der Waals surface area contributed by atoms with E-state index >= 15 is 0 Å². The van der Waals surface area contributed by atoms with Crippen LogP contribution < -0.4 is 4.74 Å². The third-order valence-electron chi connectivity index (χ3n) is 7.72. The highest BCUT2D eigenvalue weighted by Crippen LogP contribution is 2.44. The summed E-state index contributed by atoms with van der Waals surface area (Å²) in [6.45, 7) is 2.34. The first-order valence-corrected chi connectivity index (χ1v) is 12.0. The lowest BCUT2D eigenvalue weighted by Crippen LogP contribution is -2.25. The molecule has 2 aromatic carbocycles. The van der Waals surface area contributed by atoms with Crippen molar-refractivity contribution in [3.8, 4) is 11.8 Å². The van der Waals surface area contributed by atoms with E-state index in [1.807, 2.05) is 12.1 Å². The summed E-state index contributed by atoms with van der Waals surface area (Å²) in [6.07, 6.45) is 12.4. The third kappa shape index (κ3) is 5.37. The van der Waals surface area contributed by atoms with Crippen LogP contribution in [-0.4, -0.2) is 5.97 Å². The maximum Gasteiger partial charge on any atom is 0.343 e. The second-order valence-corrected chi connectivity index (χ2v) is 9.45. The molecule has 0 radical (unpaired) electrons. The second-order valence-electron chi connectivity index (χ2n) is 9.45. The molecule has 3 heteroatoms. The summed E-state index contributed by atoms with van der Waals surface area (Å²) in [5.41, 5.74) is 2.46. The summed E-state index contributed by atoms with van der Waals surface area (Å²) in [4.78, 5) is 12.4. The van der Waals surface area contributed by atoms with E-state index in [-0.39, 0.29) is 5.97 Å². The van der Waals surface area contributed by atoms with Crippen molar-refractivity contribution in [3.05, 3.63) is 65.2 Å². The highest BCUT2D eigenvalue weighted by atomic mass is 16.5. The molecular formula is C28H33NO2. The van der Waals surface area contributed by atoms with Gasteiger partial charge in [-0.15, -0.1) is 0 Å². The first-order valence-electron chi connectivity index (χ1n) is 12.0. The number of hydrogen-bond acceptors (Lipinski definition) is 3. The zero-order valence-electron chi connectivity index (χ0n) is 18.6. The summed E-state index contributed by atoms with van der Waals surface area (Å²) in [7, 11) is 0. The van der Waals surface area contributed by atoms with Crippen molar-refractivity contribution in [1.29, 1.82) is 5.26 Å². The van der Waals surface area contributed by atoms with E-state index in [1.165, 1.54) is 63.4 Å². The lowest BCUT2D eigenvalue weighted by atomic mass is 9.68. The van der Waals surface area contributed by atoms with Gasteiger partial charge in [0.25, 0.3) is 0 Å². The van der Waals surface area contributed by atoms with Gasteiger partial charge in [-0.2, -0.15) is 5.26 Å². The zero-order chi connectivity index (χ0) is 21.6. The standard InChI is InChI=1S/C28H33NO2/c1-2-20-3-7-22(8-4-20)23-9-11-24(12-10-23)25-13-15-26(16-14-25)28(30)31-27-17-5-21(19-29)6-18-27/h5-6,13-18,20,22-24H,2-4,7-12H2,1H3/t20-,22-,23?,24?. The van der Waals surface area contributed by atoms with Crippen LogP contribution in [0, 0.1) is 29.1 Å². The molecule has 162 valence electrons. The topological polar surface area (TPSA) is 50.1 Å². The monoisotopic (exact) mass is 415 g/mol. The molecular weight excluding hydrogens is 382 g/mol. The Bertz CT molecular complexity index is 894. The van der Waals surface area contributed by atoms with Crippen molar-refractivity contribution in [2.75, 3.05) is 0 Å². The van der Waals surface area contributed by atoms with Gasteiger partial charge < -0.3 is 4.74 Å². The highest BCUT2D eigenvalue weighted by molar-refractivity contribution is 5.91. The predicted molar refractivity (Wildman–Crippen MR) is 123 cm³/mol. The number of benzene rings is 2. The van der Waals surface area contributed by atoms with Crippen LogP contribution in [0.25, 0.3) is 0 Å². The number of carbonyl (C=O) groups is 1. The van der Waals surface area contributed by atoms with E-state index in [1.54, 1.807) is 24.3 Å².